The Morgan fingerprint density at radius 1 is 1.56 bits per heavy atom. The SMILES string of the molecule is CC(C)SCC(=O)NCCc1nc(C(=O)O)cs1. The second-order valence-corrected chi connectivity index (χ2v) is 6.40. The molecule has 7 heteroatoms. The molecule has 0 aliphatic heterocycles. The molecule has 0 aliphatic carbocycles. The minimum absolute atomic E-state index is 0.00344. The number of rotatable bonds is 7. The van der Waals surface area contributed by atoms with E-state index in [1.54, 1.807) is 11.8 Å². The number of aromatic carboxylic acids is 1. The number of carbonyl (C=O) groups excluding carboxylic acids is 1. The van der Waals surface area contributed by atoms with Gasteiger partial charge < -0.3 is 10.4 Å². The van der Waals surface area contributed by atoms with Gasteiger partial charge in [-0.3, -0.25) is 4.79 Å². The van der Waals surface area contributed by atoms with Gasteiger partial charge in [0.2, 0.25) is 5.91 Å². The molecule has 100 valence electrons. The molecule has 0 saturated carbocycles. The molecular formula is C11H16N2O3S2. The number of carboxylic acids is 1. The molecule has 1 heterocycles. The third-order valence-corrected chi connectivity index (χ3v) is 3.98. The van der Waals surface area contributed by atoms with Crippen molar-refractivity contribution < 1.29 is 14.7 Å². The van der Waals surface area contributed by atoms with E-state index in [-0.39, 0.29) is 11.6 Å². The molecule has 0 spiro atoms. The summed E-state index contributed by atoms with van der Waals surface area (Å²) < 4.78 is 0. The predicted molar refractivity (Wildman–Crippen MR) is 73.4 cm³/mol. The summed E-state index contributed by atoms with van der Waals surface area (Å²) in [5, 5.41) is 14.2. The molecule has 0 aromatic carbocycles. The van der Waals surface area contributed by atoms with Crippen LogP contribution in [-0.4, -0.2) is 39.5 Å². The van der Waals surface area contributed by atoms with Crippen molar-refractivity contribution in [2.45, 2.75) is 25.5 Å². The highest BCUT2D eigenvalue weighted by molar-refractivity contribution is 8.00. The van der Waals surface area contributed by atoms with Gasteiger partial charge in [-0.15, -0.1) is 23.1 Å². The van der Waals surface area contributed by atoms with Crippen LogP contribution in [0.2, 0.25) is 0 Å². The van der Waals surface area contributed by atoms with Crippen LogP contribution in [0, 0.1) is 0 Å². The third-order valence-electron chi connectivity index (χ3n) is 1.98. The molecule has 1 amide bonds. The van der Waals surface area contributed by atoms with Gasteiger partial charge in [0.25, 0.3) is 0 Å². The fraction of sp³-hybridized carbons (Fsp3) is 0.545. The monoisotopic (exact) mass is 288 g/mol. The molecule has 1 rings (SSSR count). The zero-order chi connectivity index (χ0) is 13.5. The number of carboxylic acid groups (broad SMARTS) is 1. The van der Waals surface area contributed by atoms with E-state index in [1.807, 2.05) is 13.8 Å². The van der Waals surface area contributed by atoms with Gasteiger partial charge in [0.05, 0.1) is 10.8 Å². The quantitative estimate of drug-likeness (QED) is 0.797. The van der Waals surface area contributed by atoms with Crippen molar-refractivity contribution in [3.8, 4) is 0 Å². The maximum atomic E-state index is 11.4. The second-order valence-electron chi connectivity index (χ2n) is 3.89. The number of thiazole rings is 1. The Hall–Kier alpha value is -1.08. The van der Waals surface area contributed by atoms with Gasteiger partial charge in [0.1, 0.15) is 0 Å². The molecule has 2 N–H and O–H groups in total. The molecule has 0 aliphatic rings. The Kier molecular flexibility index (Phi) is 6.14. The third kappa shape index (κ3) is 5.50. The fourth-order valence-corrected chi connectivity index (χ4v) is 2.49. The van der Waals surface area contributed by atoms with Crippen LogP contribution in [0.1, 0.15) is 29.3 Å². The average Bonchev–Trinajstić information content (AvgIpc) is 2.75. The zero-order valence-corrected chi connectivity index (χ0v) is 11.9. The number of aromatic nitrogens is 1. The fourth-order valence-electron chi connectivity index (χ4n) is 1.13. The number of nitrogens with zero attached hydrogens (tertiary/aromatic N) is 1. The first-order chi connectivity index (χ1) is 8.49. The lowest BCUT2D eigenvalue weighted by Crippen LogP contribution is -2.27. The number of thioether (sulfide) groups is 1. The maximum absolute atomic E-state index is 11.4. The number of nitrogens with one attached hydrogen (secondary N) is 1. The van der Waals surface area contributed by atoms with Crippen LogP contribution in [0.4, 0.5) is 0 Å². The summed E-state index contributed by atoms with van der Waals surface area (Å²) >= 11 is 2.89. The lowest BCUT2D eigenvalue weighted by atomic mass is 10.4. The second kappa shape index (κ2) is 7.38. The summed E-state index contributed by atoms with van der Waals surface area (Å²) in [6.45, 7) is 4.58. The Morgan fingerprint density at radius 3 is 2.83 bits per heavy atom. The summed E-state index contributed by atoms with van der Waals surface area (Å²) in [5.74, 6) is -0.561. The molecule has 0 fully saturated rings. The van der Waals surface area contributed by atoms with Crippen molar-refractivity contribution in [1.82, 2.24) is 10.3 Å². The topological polar surface area (TPSA) is 79.3 Å². The van der Waals surface area contributed by atoms with Crippen molar-refractivity contribution in [1.29, 1.82) is 0 Å². The summed E-state index contributed by atoms with van der Waals surface area (Å²) in [6.07, 6.45) is 0.566. The summed E-state index contributed by atoms with van der Waals surface area (Å²) in [6, 6.07) is 0. The highest BCUT2D eigenvalue weighted by Gasteiger charge is 2.09. The lowest BCUT2D eigenvalue weighted by Gasteiger charge is -2.05. The van der Waals surface area contributed by atoms with Crippen LogP contribution in [0.3, 0.4) is 0 Å². The molecule has 0 atom stereocenters. The molecule has 0 saturated heterocycles. The van der Waals surface area contributed by atoms with Crippen molar-refractivity contribution in [3.05, 3.63) is 16.1 Å². The van der Waals surface area contributed by atoms with E-state index in [4.69, 9.17) is 5.11 Å². The van der Waals surface area contributed by atoms with Crippen LogP contribution >= 0.6 is 23.1 Å². The number of hydrogen-bond acceptors (Lipinski definition) is 5. The Labute approximate surface area is 114 Å². The number of amides is 1. The minimum atomic E-state index is -1.02. The van der Waals surface area contributed by atoms with Crippen molar-refractivity contribution >= 4 is 35.0 Å². The van der Waals surface area contributed by atoms with Crippen molar-refractivity contribution in [2.75, 3.05) is 12.3 Å². The Bertz CT molecular complexity index is 418. The average molecular weight is 288 g/mol. The van der Waals surface area contributed by atoms with Gasteiger partial charge in [-0.05, 0) is 5.25 Å². The molecule has 0 radical (unpaired) electrons. The first-order valence-corrected chi connectivity index (χ1v) is 7.48. The molecule has 5 nitrogen and oxygen atoms in total. The maximum Gasteiger partial charge on any atom is 0.355 e. The molecular weight excluding hydrogens is 272 g/mol. The van der Waals surface area contributed by atoms with E-state index in [9.17, 15) is 9.59 Å². The molecule has 1 aromatic heterocycles. The van der Waals surface area contributed by atoms with Gasteiger partial charge in [-0.2, -0.15) is 0 Å². The van der Waals surface area contributed by atoms with Crippen LogP contribution in [0.15, 0.2) is 5.38 Å². The van der Waals surface area contributed by atoms with Gasteiger partial charge in [0, 0.05) is 18.3 Å². The van der Waals surface area contributed by atoms with E-state index in [0.717, 1.165) is 5.01 Å². The van der Waals surface area contributed by atoms with Gasteiger partial charge in [0.15, 0.2) is 5.69 Å². The van der Waals surface area contributed by atoms with Gasteiger partial charge in [-0.25, -0.2) is 9.78 Å². The van der Waals surface area contributed by atoms with E-state index in [0.29, 0.717) is 24.0 Å². The van der Waals surface area contributed by atoms with Crippen molar-refractivity contribution in [3.63, 3.8) is 0 Å². The van der Waals surface area contributed by atoms with Crippen LogP contribution in [-0.2, 0) is 11.2 Å². The van der Waals surface area contributed by atoms with Crippen LogP contribution in [0.5, 0.6) is 0 Å². The lowest BCUT2D eigenvalue weighted by molar-refractivity contribution is -0.118. The van der Waals surface area contributed by atoms with Crippen molar-refractivity contribution in [2.24, 2.45) is 0 Å². The standard InChI is InChI=1S/C11H16N2O3S2/c1-7(2)17-6-9(14)12-4-3-10-13-8(5-18-10)11(15)16/h5,7H,3-4,6H2,1-2H3,(H,12,14)(H,15,16). The van der Waals surface area contributed by atoms with E-state index < -0.39 is 5.97 Å². The molecule has 0 unspecified atom stereocenters. The van der Waals surface area contributed by atoms with E-state index in [1.165, 1.54) is 16.7 Å². The summed E-state index contributed by atoms with van der Waals surface area (Å²) in [7, 11) is 0. The molecule has 0 bridgehead atoms. The molecule has 1 aromatic rings. The van der Waals surface area contributed by atoms with Crippen LogP contribution in [0.25, 0.3) is 0 Å². The van der Waals surface area contributed by atoms with E-state index >= 15 is 0 Å². The smallest absolute Gasteiger partial charge is 0.355 e. The largest absolute Gasteiger partial charge is 0.476 e. The first kappa shape index (κ1) is 15.0. The van der Waals surface area contributed by atoms with Gasteiger partial charge >= 0.3 is 5.97 Å². The Balaban J connectivity index is 2.24. The zero-order valence-electron chi connectivity index (χ0n) is 10.3. The molecule has 18 heavy (non-hydrogen) atoms. The van der Waals surface area contributed by atoms with Gasteiger partial charge in [-0.1, -0.05) is 13.8 Å². The Morgan fingerprint density at radius 2 is 2.28 bits per heavy atom. The van der Waals surface area contributed by atoms with E-state index in [2.05, 4.69) is 10.3 Å². The normalized spacial score (nSPS) is 10.6. The van der Waals surface area contributed by atoms with Crippen LogP contribution < -0.4 is 5.32 Å². The number of hydrogen-bond donors (Lipinski definition) is 2. The minimum Gasteiger partial charge on any atom is -0.476 e. The first-order valence-electron chi connectivity index (χ1n) is 5.55. The predicted octanol–water partition coefficient (Wildman–Crippen LogP) is 1.64. The summed E-state index contributed by atoms with van der Waals surface area (Å²) in [5.41, 5.74) is 0.0664. The number of carbonyl (C=O) groups is 2. The highest BCUT2D eigenvalue weighted by Crippen LogP contribution is 2.10. The highest BCUT2D eigenvalue weighted by atomic mass is 32.2. The summed E-state index contributed by atoms with van der Waals surface area (Å²) in [4.78, 5) is 26.0.